The van der Waals surface area contributed by atoms with E-state index < -0.39 is 0 Å². The van der Waals surface area contributed by atoms with Crippen LogP contribution in [0.3, 0.4) is 0 Å². The van der Waals surface area contributed by atoms with Gasteiger partial charge in [-0.2, -0.15) is 4.98 Å². The zero-order valence-electron chi connectivity index (χ0n) is 12.8. The minimum Gasteiger partial charge on any atom is -0.495 e. The van der Waals surface area contributed by atoms with E-state index in [0.29, 0.717) is 35.3 Å². The molecule has 7 heteroatoms. The van der Waals surface area contributed by atoms with Gasteiger partial charge in [0.1, 0.15) is 5.75 Å². The molecule has 0 bridgehead atoms. The predicted octanol–water partition coefficient (Wildman–Crippen LogP) is 2.90. The molecular weight excluding hydrogens is 302 g/mol. The van der Waals surface area contributed by atoms with Crippen molar-refractivity contribution in [2.45, 2.75) is 31.3 Å². The second kappa shape index (κ2) is 7.84. The van der Waals surface area contributed by atoms with Gasteiger partial charge < -0.3 is 14.6 Å². The van der Waals surface area contributed by atoms with Crippen LogP contribution in [-0.4, -0.2) is 28.4 Å². The first kappa shape index (κ1) is 16.4. The summed E-state index contributed by atoms with van der Waals surface area (Å²) < 4.78 is 10.3. The highest BCUT2D eigenvalue weighted by Gasteiger charge is 2.16. The maximum absolute atomic E-state index is 12.2. The van der Waals surface area contributed by atoms with Crippen molar-refractivity contribution in [2.75, 3.05) is 12.4 Å². The highest BCUT2D eigenvalue weighted by atomic mass is 32.2. The number of rotatable bonds is 7. The van der Waals surface area contributed by atoms with E-state index in [9.17, 15) is 4.79 Å². The summed E-state index contributed by atoms with van der Waals surface area (Å²) in [6.45, 7) is 3.80. The number of carbonyl (C=O) groups is 1. The normalized spacial score (nSPS) is 12.0. The summed E-state index contributed by atoms with van der Waals surface area (Å²) in [5, 5.41) is 6.49. The number of amides is 1. The van der Waals surface area contributed by atoms with E-state index in [1.807, 2.05) is 26.0 Å². The minimum absolute atomic E-state index is 0.0892. The SMILES string of the molecule is CCc1nc(CSC(C)C(=O)Nc2ccccc2OC)no1. The lowest BCUT2D eigenvalue weighted by molar-refractivity contribution is -0.115. The van der Waals surface area contributed by atoms with E-state index in [2.05, 4.69) is 15.5 Å². The summed E-state index contributed by atoms with van der Waals surface area (Å²) in [4.78, 5) is 16.4. The number of aromatic nitrogens is 2. The van der Waals surface area contributed by atoms with Gasteiger partial charge in [-0.25, -0.2) is 0 Å². The molecule has 0 aliphatic heterocycles. The summed E-state index contributed by atoms with van der Waals surface area (Å²) in [7, 11) is 1.57. The van der Waals surface area contributed by atoms with Crippen LogP contribution in [0.2, 0.25) is 0 Å². The van der Waals surface area contributed by atoms with Gasteiger partial charge >= 0.3 is 0 Å². The molecule has 2 aromatic rings. The lowest BCUT2D eigenvalue weighted by Crippen LogP contribution is -2.23. The second-order valence-electron chi connectivity index (χ2n) is 4.60. The van der Waals surface area contributed by atoms with Crippen molar-refractivity contribution in [1.82, 2.24) is 10.1 Å². The first-order chi connectivity index (χ1) is 10.6. The Morgan fingerprint density at radius 1 is 1.45 bits per heavy atom. The fourth-order valence-corrected chi connectivity index (χ4v) is 2.48. The molecule has 1 unspecified atom stereocenters. The molecule has 118 valence electrons. The van der Waals surface area contributed by atoms with Crippen LogP contribution in [0, 0.1) is 0 Å². The average molecular weight is 321 g/mol. The highest BCUT2D eigenvalue weighted by Crippen LogP contribution is 2.25. The van der Waals surface area contributed by atoms with Gasteiger partial charge in [0.15, 0.2) is 5.82 Å². The maximum Gasteiger partial charge on any atom is 0.237 e. The molecule has 22 heavy (non-hydrogen) atoms. The Morgan fingerprint density at radius 2 is 2.23 bits per heavy atom. The average Bonchev–Trinajstić information content (AvgIpc) is 3.01. The van der Waals surface area contributed by atoms with Gasteiger partial charge in [-0.3, -0.25) is 4.79 Å². The lowest BCUT2D eigenvalue weighted by atomic mass is 10.3. The number of anilines is 1. The Bertz CT molecular complexity index is 630. The monoisotopic (exact) mass is 321 g/mol. The van der Waals surface area contributed by atoms with Gasteiger partial charge in [-0.1, -0.05) is 24.2 Å². The summed E-state index contributed by atoms with van der Waals surface area (Å²) in [5.41, 5.74) is 0.662. The van der Waals surface area contributed by atoms with E-state index >= 15 is 0 Å². The number of methoxy groups -OCH3 is 1. The number of nitrogens with one attached hydrogen (secondary N) is 1. The van der Waals surface area contributed by atoms with E-state index in [4.69, 9.17) is 9.26 Å². The second-order valence-corrected chi connectivity index (χ2v) is 5.93. The largest absolute Gasteiger partial charge is 0.495 e. The van der Waals surface area contributed by atoms with Crippen LogP contribution in [0.4, 0.5) is 5.69 Å². The predicted molar refractivity (Wildman–Crippen MR) is 86.1 cm³/mol. The first-order valence-corrected chi connectivity index (χ1v) is 8.05. The number of thioether (sulfide) groups is 1. The quantitative estimate of drug-likeness (QED) is 0.845. The van der Waals surface area contributed by atoms with Crippen LogP contribution in [0.25, 0.3) is 0 Å². The number of nitrogens with zero attached hydrogens (tertiary/aromatic N) is 2. The van der Waals surface area contributed by atoms with Gasteiger partial charge in [0.25, 0.3) is 0 Å². The molecule has 1 aromatic carbocycles. The molecule has 0 saturated carbocycles. The topological polar surface area (TPSA) is 77.2 Å². The molecule has 2 rings (SSSR count). The van der Waals surface area contributed by atoms with E-state index in [-0.39, 0.29) is 11.2 Å². The van der Waals surface area contributed by atoms with Crippen LogP contribution in [0.5, 0.6) is 5.75 Å². The summed E-state index contributed by atoms with van der Waals surface area (Å²) >= 11 is 1.46. The van der Waals surface area contributed by atoms with Crippen molar-refractivity contribution >= 4 is 23.4 Å². The zero-order chi connectivity index (χ0) is 15.9. The number of hydrogen-bond donors (Lipinski definition) is 1. The van der Waals surface area contributed by atoms with Crippen molar-refractivity contribution in [3.63, 3.8) is 0 Å². The van der Waals surface area contributed by atoms with Crippen molar-refractivity contribution in [3.8, 4) is 5.75 Å². The van der Waals surface area contributed by atoms with Gasteiger partial charge in [0.2, 0.25) is 11.8 Å². The molecule has 1 aromatic heterocycles. The molecule has 0 spiro atoms. The fraction of sp³-hybridized carbons (Fsp3) is 0.400. The van der Waals surface area contributed by atoms with Crippen LogP contribution in [0.15, 0.2) is 28.8 Å². The molecule has 1 atom stereocenters. The lowest BCUT2D eigenvalue weighted by Gasteiger charge is -2.13. The van der Waals surface area contributed by atoms with Crippen LogP contribution in [0.1, 0.15) is 25.6 Å². The Labute approximate surface area is 133 Å². The van der Waals surface area contributed by atoms with Crippen LogP contribution in [-0.2, 0) is 17.0 Å². The molecule has 0 fully saturated rings. The Morgan fingerprint density at radius 3 is 2.91 bits per heavy atom. The number of aryl methyl sites for hydroxylation is 1. The number of ether oxygens (including phenoxy) is 1. The highest BCUT2D eigenvalue weighted by molar-refractivity contribution is 7.99. The Balaban J connectivity index is 1.89. The van der Waals surface area contributed by atoms with Crippen molar-refractivity contribution in [3.05, 3.63) is 36.0 Å². The van der Waals surface area contributed by atoms with Crippen molar-refractivity contribution in [1.29, 1.82) is 0 Å². The molecule has 0 saturated heterocycles. The van der Waals surface area contributed by atoms with Gasteiger partial charge in [-0.15, -0.1) is 11.8 Å². The number of hydrogen-bond acceptors (Lipinski definition) is 6. The fourth-order valence-electron chi connectivity index (χ4n) is 1.75. The molecule has 1 N–H and O–H groups in total. The van der Waals surface area contributed by atoms with Gasteiger partial charge in [0.05, 0.1) is 23.8 Å². The molecule has 0 radical (unpaired) electrons. The van der Waals surface area contributed by atoms with Crippen molar-refractivity contribution < 1.29 is 14.1 Å². The number of benzene rings is 1. The first-order valence-electron chi connectivity index (χ1n) is 7.01. The zero-order valence-corrected chi connectivity index (χ0v) is 13.6. The van der Waals surface area contributed by atoms with Gasteiger partial charge in [-0.05, 0) is 19.1 Å². The molecule has 0 aliphatic carbocycles. The minimum atomic E-state index is -0.242. The molecule has 6 nitrogen and oxygen atoms in total. The Kier molecular flexibility index (Phi) is 5.83. The molecule has 1 heterocycles. The van der Waals surface area contributed by atoms with E-state index in [0.717, 1.165) is 0 Å². The third-order valence-electron chi connectivity index (χ3n) is 3.01. The third kappa shape index (κ3) is 4.24. The smallest absolute Gasteiger partial charge is 0.237 e. The standard InChI is InChI=1S/C15H19N3O3S/c1-4-14-17-13(18-21-14)9-22-10(2)15(19)16-11-7-5-6-8-12(11)20-3/h5-8,10H,4,9H2,1-3H3,(H,16,19). The molecule has 1 amide bonds. The summed E-state index contributed by atoms with van der Waals surface area (Å²) in [5.74, 6) is 2.30. The maximum atomic E-state index is 12.2. The number of carbonyl (C=O) groups excluding carboxylic acids is 1. The third-order valence-corrected chi connectivity index (χ3v) is 4.15. The summed E-state index contributed by atoms with van der Waals surface area (Å²) in [6.07, 6.45) is 0.710. The van der Waals surface area contributed by atoms with Gasteiger partial charge in [0, 0.05) is 6.42 Å². The molecule has 0 aliphatic rings. The molecular formula is C15H19N3O3S. The Hall–Kier alpha value is -2.02. The summed E-state index contributed by atoms with van der Waals surface area (Å²) in [6, 6.07) is 7.32. The van der Waals surface area contributed by atoms with E-state index in [1.165, 1.54) is 11.8 Å². The number of para-hydroxylation sites is 2. The van der Waals surface area contributed by atoms with Crippen LogP contribution < -0.4 is 10.1 Å². The van der Waals surface area contributed by atoms with Crippen molar-refractivity contribution in [2.24, 2.45) is 0 Å². The van der Waals surface area contributed by atoms with E-state index in [1.54, 1.807) is 19.2 Å². The van der Waals surface area contributed by atoms with Crippen LogP contribution >= 0.6 is 11.8 Å².